The summed E-state index contributed by atoms with van der Waals surface area (Å²) >= 11 is 11.7. The third-order valence-corrected chi connectivity index (χ3v) is 3.65. The van der Waals surface area contributed by atoms with Crippen molar-refractivity contribution in [3.05, 3.63) is 58.1 Å². The van der Waals surface area contributed by atoms with Gasteiger partial charge in [0.05, 0.1) is 16.1 Å². The van der Waals surface area contributed by atoms with Gasteiger partial charge in [-0.25, -0.2) is 0 Å². The van der Waals surface area contributed by atoms with Crippen molar-refractivity contribution >= 4 is 34.8 Å². The van der Waals surface area contributed by atoms with Crippen molar-refractivity contribution in [2.24, 2.45) is 5.73 Å². The molecule has 0 heterocycles. The Morgan fingerprint density at radius 2 is 1.81 bits per heavy atom. The number of phenols is 1. The average Bonchev–Trinajstić information content (AvgIpc) is 2.45. The molecule has 0 aliphatic carbocycles. The van der Waals surface area contributed by atoms with Gasteiger partial charge in [0.1, 0.15) is 5.75 Å². The molecule has 110 valence electrons. The predicted octanol–water partition coefficient (Wildman–Crippen LogP) is 3.21. The Balaban J connectivity index is 1.98. The van der Waals surface area contributed by atoms with Crippen LogP contribution in [0.1, 0.15) is 5.56 Å². The number of halogens is 2. The highest BCUT2D eigenvalue weighted by molar-refractivity contribution is 6.42. The van der Waals surface area contributed by atoms with Crippen LogP contribution >= 0.6 is 23.2 Å². The van der Waals surface area contributed by atoms with Crippen molar-refractivity contribution in [1.29, 1.82) is 0 Å². The van der Waals surface area contributed by atoms with E-state index in [2.05, 4.69) is 5.32 Å². The minimum Gasteiger partial charge on any atom is -0.508 e. The van der Waals surface area contributed by atoms with E-state index in [1.165, 1.54) is 0 Å². The van der Waals surface area contributed by atoms with Gasteiger partial charge in [-0.3, -0.25) is 4.79 Å². The normalized spacial score (nSPS) is 12.0. The van der Waals surface area contributed by atoms with E-state index < -0.39 is 6.04 Å². The van der Waals surface area contributed by atoms with E-state index in [0.29, 0.717) is 22.2 Å². The number of benzene rings is 2. The number of carbonyl (C=O) groups is 1. The zero-order chi connectivity index (χ0) is 15.4. The predicted molar refractivity (Wildman–Crippen MR) is 84.9 cm³/mol. The lowest BCUT2D eigenvalue weighted by Gasteiger charge is -2.13. The van der Waals surface area contributed by atoms with Crippen molar-refractivity contribution < 1.29 is 9.90 Å². The molecular weight excluding hydrogens is 311 g/mol. The van der Waals surface area contributed by atoms with Gasteiger partial charge >= 0.3 is 0 Å². The van der Waals surface area contributed by atoms with Gasteiger partial charge in [0.2, 0.25) is 5.91 Å². The maximum Gasteiger partial charge on any atom is 0.241 e. The van der Waals surface area contributed by atoms with Gasteiger partial charge in [0.15, 0.2) is 0 Å². The van der Waals surface area contributed by atoms with Crippen LogP contribution in [0, 0.1) is 0 Å². The maximum atomic E-state index is 12.0. The van der Waals surface area contributed by atoms with Crippen LogP contribution in [0.2, 0.25) is 10.0 Å². The van der Waals surface area contributed by atoms with E-state index in [1.807, 2.05) is 0 Å². The molecule has 1 amide bonds. The molecule has 4 N–H and O–H groups in total. The second-order valence-corrected chi connectivity index (χ2v) is 5.41. The number of nitrogens with one attached hydrogen (secondary N) is 1. The third kappa shape index (κ3) is 4.36. The van der Waals surface area contributed by atoms with E-state index in [9.17, 15) is 9.90 Å². The van der Waals surface area contributed by atoms with Crippen molar-refractivity contribution in [3.8, 4) is 5.75 Å². The monoisotopic (exact) mass is 324 g/mol. The average molecular weight is 325 g/mol. The summed E-state index contributed by atoms with van der Waals surface area (Å²) in [6.45, 7) is 0. The van der Waals surface area contributed by atoms with Gasteiger partial charge in [0.25, 0.3) is 0 Å². The van der Waals surface area contributed by atoms with Gasteiger partial charge in [-0.15, -0.1) is 0 Å². The van der Waals surface area contributed by atoms with Crippen LogP contribution in [0.25, 0.3) is 0 Å². The van der Waals surface area contributed by atoms with E-state index >= 15 is 0 Å². The summed E-state index contributed by atoms with van der Waals surface area (Å²) in [6, 6.07) is 10.7. The first-order valence-electron chi connectivity index (χ1n) is 6.25. The zero-order valence-electron chi connectivity index (χ0n) is 11.0. The van der Waals surface area contributed by atoms with Crippen LogP contribution in [0.5, 0.6) is 5.75 Å². The molecule has 0 bridgehead atoms. The highest BCUT2D eigenvalue weighted by atomic mass is 35.5. The molecule has 2 aromatic rings. The number of anilines is 1. The van der Waals surface area contributed by atoms with E-state index in [0.717, 1.165) is 5.56 Å². The molecule has 1 atom stereocenters. The van der Waals surface area contributed by atoms with Crippen LogP contribution in [-0.4, -0.2) is 17.1 Å². The van der Waals surface area contributed by atoms with Crippen molar-refractivity contribution in [2.75, 3.05) is 5.32 Å². The first-order valence-corrected chi connectivity index (χ1v) is 7.00. The molecular formula is C15H14Cl2N2O2. The SMILES string of the molecule is N[C@H](Cc1ccc(O)cc1)C(=O)Nc1ccc(Cl)c(Cl)c1. The second kappa shape index (κ2) is 6.80. The lowest BCUT2D eigenvalue weighted by Crippen LogP contribution is -2.37. The molecule has 2 aromatic carbocycles. The van der Waals surface area contributed by atoms with Crippen LogP contribution in [0.4, 0.5) is 5.69 Å². The van der Waals surface area contributed by atoms with Gasteiger partial charge < -0.3 is 16.2 Å². The molecule has 0 saturated heterocycles. The number of carbonyl (C=O) groups excluding carboxylic acids is 1. The van der Waals surface area contributed by atoms with E-state index in [-0.39, 0.29) is 11.7 Å². The van der Waals surface area contributed by atoms with Crippen LogP contribution in [0.15, 0.2) is 42.5 Å². The van der Waals surface area contributed by atoms with Crippen molar-refractivity contribution in [2.45, 2.75) is 12.5 Å². The fraction of sp³-hybridized carbons (Fsp3) is 0.133. The van der Waals surface area contributed by atoms with E-state index in [1.54, 1.807) is 42.5 Å². The van der Waals surface area contributed by atoms with Crippen molar-refractivity contribution in [3.63, 3.8) is 0 Å². The number of aromatic hydroxyl groups is 1. The summed E-state index contributed by atoms with van der Waals surface area (Å²) in [7, 11) is 0. The van der Waals surface area contributed by atoms with Crippen molar-refractivity contribution in [1.82, 2.24) is 0 Å². The summed E-state index contributed by atoms with van der Waals surface area (Å²) in [4.78, 5) is 12.0. The Labute approximate surface area is 132 Å². The smallest absolute Gasteiger partial charge is 0.241 e. The number of phenolic OH excluding ortho intramolecular Hbond substituents is 1. The first-order chi connectivity index (χ1) is 9.95. The molecule has 0 unspecified atom stereocenters. The van der Waals surface area contributed by atoms with Gasteiger partial charge in [0, 0.05) is 5.69 Å². The summed E-state index contributed by atoms with van der Waals surface area (Å²) < 4.78 is 0. The molecule has 0 aromatic heterocycles. The summed E-state index contributed by atoms with van der Waals surface area (Å²) in [6.07, 6.45) is 0.368. The number of hydrogen-bond acceptors (Lipinski definition) is 3. The number of nitrogens with two attached hydrogens (primary N) is 1. The zero-order valence-corrected chi connectivity index (χ0v) is 12.5. The maximum absolute atomic E-state index is 12.0. The van der Waals surface area contributed by atoms with Gasteiger partial charge in [-0.1, -0.05) is 35.3 Å². The Morgan fingerprint density at radius 3 is 2.43 bits per heavy atom. The Hall–Kier alpha value is -1.75. The molecule has 4 nitrogen and oxygen atoms in total. The van der Waals surface area contributed by atoms with Gasteiger partial charge in [-0.2, -0.15) is 0 Å². The molecule has 21 heavy (non-hydrogen) atoms. The highest BCUT2D eigenvalue weighted by Gasteiger charge is 2.14. The quantitative estimate of drug-likeness (QED) is 0.808. The lowest BCUT2D eigenvalue weighted by molar-refractivity contribution is -0.117. The molecule has 0 aliphatic heterocycles. The fourth-order valence-corrected chi connectivity index (χ4v) is 2.09. The molecule has 0 saturated carbocycles. The molecule has 6 heteroatoms. The van der Waals surface area contributed by atoms with Crippen LogP contribution < -0.4 is 11.1 Å². The third-order valence-electron chi connectivity index (χ3n) is 2.92. The molecule has 0 aliphatic rings. The summed E-state index contributed by atoms with van der Waals surface area (Å²) in [5.74, 6) is -0.144. The Bertz CT molecular complexity index is 645. The standard InChI is InChI=1S/C15H14Cl2N2O2/c16-12-6-3-10(8-13(12)17)19-15(21)14(18)7-9-1-4-11(20)5-2-9/h1-6,8,14,20H,7,18H2,(H,19,21)/t14-/m1/s1. The molecule has 2 rings (SSSR count). The first kappa shape index (κ1) is 15.6. The Morgan fingerprint density at radius 1 is 1.14 bits per heavy atom. The topological polar surface area (TPSA) is 75.3 Å². The fourth-order valence-electron chi connectivity index (χ4n) is 1.79. The molecule has 0 radical (unpaired) electrons. The second-order valence-electron chi connectivity index (χ2n) is 4.60. The van der Waals surface area contributed by atoms with Gasteiger partial charge in [-0.05, 0) is 42.3 Å². The minimum atomic E-state index is -0.705. The summed E-state index contributed by atoms with van der Waals surface area (Å²) in [5.41, 5.74) is 7.27. The van der Waals surface area contributed by atoms with E-state index in [4.69, 9.17) is 28.9 Å². The van der Waals surface area contributed by atoms with Crippen LogP contribution in [0.3, 0.4) is 0 Å². The number of rotatable bonds is 4. The number of amides is 1. The lowest BCUT2D eigenvalue weighted by atomic mass is 10.1. The van der Waals surface area contributed by atoms with Crippen LogP contribution in [-0.2, 0) is 11.2 Å². The summed E-state index contributed by atoms with van der Waals surface area (Å²) in [5, 5.41) is 12.7. The minimum absolute atomic E-state index is 0.174. The largest absolute Gasteiger partial charge is 0.508 e. The highest BCUT2D eigenvalue weighted by Crippen LogP contribution is 2.25. The number of hydrogen-bond donors (Lipinski definition) is 3. The molecule has 0 spiro atoms. The Kier molecular flexibility index (Phi) is 5.07. The molecule has 0 fully saturated rings.